The van der Waals surface area contributed by atoms with E-state index in [1.807, 2.05) is 33.8 Å². The van der Waals surface area contributed by atoms with Crippen LogP contribution in [0.4, 0.5) is 50.6 Å². The van der Waals surface area contributed by atoms with Crippen LogP contribution in [0.1, 0.15) is 38.8 Å². The molecular weight excluding hydrogens is 785 g/mol. The second-order valence-corrected chi connectivity index (χ2v) is 15.2. The van der Waals surface area contributed by atoms with E-state index in [1.54, 1.807) is 115 Å². The van der Waals surface area contributed by atoms with E-state index < -0.39 is 17.2 Å². The summed E-state index contributed by atoms with van der Waals surface area (Å²) in [4.78, 5) is 60.3. The molecule has 2 aliphatic heterocycles. The van der Waals surface area contributed by atoms with E-state index in [-0.39, 0.29) is 11.8 Å². The molecule has 2 aromatic heterocycles. The summed E-state index contributed by atoms with van der Waals surface area (Å²) in [5.74, 6) is 0.783. The van der Waals surface area contributed by atoms with Crippen molar-refractivity contribution in [3.05, 3.63) is 137 Å². The summed E-state index contributed by atoms with van der Waals surface area (Å²) in [5.41, 5.74) is 9.03. The molecule has 59 heavy (non-hydrogen) atoms. The molecule has 0 atom stereocenters. The quantitative estimate of drug-likeness (QED) is 0.125. The largest absolute Gasteiger partial charge is 0.418 e. The molecule has 7 rings (SSSR count). The van der Waals surface area contributed by atoms with Crippen molar-refractivity contribution in [3.63, 3.8) is 0 Å². The van der Waals surface area contributed by atoms with Gasteiger partial charge in [-0.05, 0) is 138 Å². The van der Waals surface area contributed by atoms with Crippen LogP contribution in [0.3, 0.4) is 0 Å². The van der Waals surface area contributed by atoms with Crippen LogP contribution in [-0.2, 0) is 9.59 Å². The Morgan fingerprint density at radius 2 is 1.15 bits per heavy atom. The van der Waals surface area contributed by atoms with Crippen molar-refractivity contribution in [2.75, 3.05) is 30.7 Å². The predicted octanol–water partition coefficient (Wildman–Crippen LogP) is 8.91. The molecule has 0 bridgehead atoms. The number of carbonyl (C=O) groups excluding carboxylic acids is 3. The molecule has 14 nitrogen and oxygen atoms in total. The van der Waals surface area contributed by atoms with Crippen LogP contribution in [0.15, 0.2) is 103 Å². The van der Waals surface area contributed by atoms with Gasteiger partial charge in [0.2, 0.25) is 0 Å². The summed E-state index contributed by atoms with van der Waals surface area (Å²) < 4.78 is 5.21. The Labute approximate surface area is 352 Å². The van der Waals surface area contributed by atoms with Crippen LogP contribution in [-0.4, -0.2) is 49.2 Å². The van der Waals surface area contributed by atoms with Crippen LogP contribution in [0.2, 0.25) is 0 Å². The Balaban J connectivity index is 0.000000208. The molecule has 3 aromatic carbocycles. The maximum Gasteiger partial charge on any atom is 0.418 e. The highest BCUT2D eigenvalue weighted by Crippen LogP contribution is 2.39. The lowest BCUT2D eigenvalue weighted by Gasteiger charge is -2.29. The fraction of sp³-hybridized carbons (Fsp3) is 0.186. The molecule has 0 radical (unpaired) electrons. The number of hydrogen-bond acceptors (Lipinski definition) is 9. The maximum absolute atomic E-state index is 13.3. The molecule has 3 amide bonds. The number of hydrogen-bond donors (Lipinski definition) is 2. The van der Waals surface area contributed by atoms with E-state index in [1.165, 1.54) is 16.0 Å². The van der Waals surface area contributed by atoms with Crippen molar-refractivity contribution in [1.82, 2.24) is 9.97 Å². The third-order valence-electron chi connectivity index (χ3n) is 9.67. The Kier molecular flexibility index (Phi) is 11.4. The van der Waals surface area contributed by atoms with Crippen LogP contribution < -0.4 is 35.4 Å². The topological polar surface area (TPSA) is 146 Å². The third kappa shape index (κ3) is 8.00. The number of thiocarbonyl (C=S) groups is 2. The molecule has 0 aliphatic carbocycles. The molecule has 5 aromatic rings. The first kappa shape index (κ1) is 41.4. The summed E-state index contributed by atoms with van der Waals surface area (Å²) in [6.07, 6.45) is 2.48. The normalized spacial score (nSPS) is 15.3. The minimum Gasteiger partial charge on any atom is -0.410 e. The third-order valence-corrected chi connectivity index (χ3v) is 10.4. The number of nitrogens with two attached hydrogens (primary N) is 1. The Hall–Kier alpha value is -7.27. The number of nitrogen functional groups attached to an aromatic ring is 1. The Bertz CT molecular complexity index is 2590. The molecule has 0 unspecified atom stereocenters. The van der Waals surface area contributed by atoms with Gasteiger partial charge in [0.1, 0.15) is 28.5 Å². The molecule has 0 spiro atoms. The molecule has 296 valence electrons. The van der Waals surface area contributed by atoms with Gasteiger partial charge in [0.05, 0.1) is 36.9 Å². The first-order valence-electron chi connectivity index (χ1n) is 18.0. The number of amides is 3. The maximum atomic E-state index is 13.3. The summed E-state index contributed by atoms with van der Waals surface area (Å²) in [7, 11) is 0. The number of ether oxygens (including phenoxy) is 1. The van der Waals surface area contributed by atoms with Gasteiger partial charge in [-0.2, -0.15) is 0 Å². The molecular formula is C43H38N10O4S2. The average molecular weight is 823 g/mol. The lowest BCUT2D eigenvalue weighted by atomic mass is 10.0. The van der Waals surface area contributed by atoms with Gasteiger partial charge in [-0.3, -0.25) is 24.7 Å². The summed E-state index contributed by atoms with van der Waals surface area (Å²) in [6, 6.07) is 25.9. The van der Waals surface area contributed by atoms with Gasteiger partial charge in [-0.15, -0.1) is 0 Å². The number of para-hydroxylation sites is 1. The minimum atomic E-state index is -0.966. The van der Waals surface area contributed by atoms with Crippen molar-refractivity contribution in [2.45, 2.75) is 52.6 Å². The van der Waals surface area contributed by atoms with Gasteiger partial charge in [0, 0.05) is 11.4 Å². The lowest BCUT2D eigenvalue weighted by molar-refractivity contribution is -0.121. The highest BCUT2D eigenvalue weighted by atomic mass is 32.1. The number of benzene rings is 3. The van der Waals surface area contributed by atoms with E-state index in [2.05, 4.69) is 25.0 Å². The first-order valence-corrected chi connectivity index (χ1v) is 18.9. The average Bonchev–Trinajstić information content (AvgIpc) is 3.50. The molecule has 3 N–H and O–H groups in total. The number of carbonyl (C=O) groups is 3. The predicted molar refractivity (Wildman–Crippen MR) is 237 cm³/mol. The van der Waals surface area contributed by atoms with Gasteiger partial charge in [-0.1, -0.05) is 30.3 Å². The molecule has 2 fully saturated rings. The SMILES string of the molecule is [C-]#[N+]c1ccc(N2C(=O)C(C)(C)N(c3ccc(N)nc3)C2=S)cc1C.[C-]#[N+]c1ccc(N2C(=O)C(C)(C)N(c3ccc(NC(=O)Oc4ccccc4)nc3)C2=S)cc1C. The van der Waals surface area contributed by atoms with Gasteiger partial charge in [0.25, 0.3) is 11.8 Å². The summed E-state index contributed by atoms with van der Waals surface area (Å²) in [5, 5.41) is 3.25. The summed E-state index contributed by atoms with van der Waals surface area (Å²) in [6.45, 7) is 25.3. The number of nitrogens with zero attached hydrogens (tertiary/aromatic N) is 8. The highest BCUT2D eigenvalue weighted by Gasteiger charge is 2.51. The fourth-order valence-corrected chi connectivity index (χ4v) is 7.61. The van der Waals surface area contributed by atoms with Crippen LogP contribution in [0.25, 0.3) is 9.69 Å². The number of nitrogens with one attached hydrogen (secondary N) is 1. The smallest absolute Gasteiger partial charge is 0.410 e. The van der Waals surface area contributed by atoms with E-state index in [0.29, 0.717) is 61.7 Å². The molecule has 2 saturated heterocycles. The fourth-order valence-electron chi connectivity index (χ4n) is 6.57. The number of anilines is 6. The number of rotatable bonds is 6. The van der Waals surface area contributed by atoms with Crippen LogP contribution in [0, 0.1) is 27.0 Å². The van der Waals surface area contributed by atoms with Gasteiger partial charge < -0.3 is 20.3 Å². The van der Waals surface area contributed by atoms with Crippen molar-refractivity contribution in [1.29, 1.82) is 0 Å². The first-order chi connectivity index (χ1) is 28.0. The van der Waals surface area contributed by atoms with E-state index in [0.717, 1.165) is 11.1 Å². The van der Waals surface area contributed by atoms with Crippen LogP contribution in [0.5, 0.6) is 5.75 Å². The number of pyridine rings is 2. The van der Waals surface area contributed by atoms with Gasteiger partial charge in [-0.25, -0.2) is 24.5 Å². The van der Waals surface area contributed by atoms with Crippen molar-refractivity contribution < 1.29 is 19.1 Å². The van der Waals surface area contributed by atoms with Crippen molar-refractivity contribution in [3.8, 4) is 5.75 Å². The molecule has 4 heterocycles. The van der Waals surface area contributed by atoms with Crippen molar-refractivity contribution >= 4 is 98.3 Å². The zero-order chi connectivity index (χ0) is 42.8. The highest BCUT2D eigenvalue weighted by molar-refractivity contribution is 7.81. The standard InChI is InChI=1S/C25H21N5O3S.C18H17N5OS/c1-16-14-17(10-12-20(16)26-4)29-22(31)25(2,3)30(24(29)34)18-11-13-21(27-15-18)28-23(32)33-19-8-6-5-7-9-19;1-11-9-12(5-7-14(11)20-4)22-16(24)18(2,3)23(17(22)25)13-6-8-15(19)21-10-13/h5-15H,1-3H3,(H,27,28,32);5-10H,1-3H3,(H2,19,21). The molecule has 0 saturated carbocycles. The Morgan fingerprint density at radius 3 is 1.56 bits per heavy atom. The second-order valence-electron chi connectivity index (χ2n) is 14.5. The number of aromatic nitrogens is 2. The molecule has 16 heteroatoms. The summed E-state index contributed by atoms with van der Waals surface area (Å²) >= 11 is 11.3. The van der Waals surface area contributed by atoms with Crippen LogP contribution >= 0.6 is 24.4 Å². The lowest BCUT2D eigenvalue weighted by Crippen LogP contribution is -2.44. The molecule has 2 aliphatic rings. The Morgan fingerprint density at radius 1 is 0.695 bits per heavy atom. The van der Waals surface area contributed by atoms with Gasteiger partial charge >= 0.3 is 6.09 Å². The van der Waals surface area contributed by atoms with E-state index in [4.69, 9.17) is 48.1 Å². The van der Waals surface area contributed by atoms with Crippen molar-refractivity contribution in [2.24, 2.45) is 0 Å². The zero-order valence-corrected chi connectivity index (χ0v) is 34.6. The zero-order valence-electron chi connectivity index (χ0n) is 32.9. The van der Waals surface area contributed by atoms with Gasteiger partial charge in [0.15, 0.2) is 21.6 Å². The van der Waals surface area contributed by atoms with E-state index in [9.17, 15) is 14.4 Å². The second kappa shape index (κ2) is 16.3. The monoisotopic (exact) mass is 822 g/mol. The van der Waals surface area contributed by atoms with E-state index >= 15 is 0 Å². The minimum absolute atomic E-state index is 0.135. The number of aryl methyl sites for hydroxylation is 2.